The largest absolute Gasteiger partial charge is 0.477 e. The smallest absolute Gasteiger partial charge is 0.346 e. The number of benzene rings is 1. The Hall–Kier alpha value is -3.37. The van der Waals surface area contributed by atoms with Gasteiger partial charge in [-0.1, -0.05) is 27.7 Å². The van der Waals surface area contributed by atoms with Crippen molar-refractivity contribution in [3.05, 3.63) is 56.3 Å². The number of aliphatic carboxylic acids is 1. The number of fused-ring (bicyclic) bond motifs is 2. The summed E-state index contributed by atoms with van der Waals surface area (Å²) < 4.78 is 6.03. The van der Waals surface area contributed by atoms with E-state index in [-0.39, 0.29) is 16.4 Å². The normalized spacial score (nSPS) is 18.4. The maximum absolute atomic E-state index is 13.2. The van der Waals surface area contributed by atoms with Crippen LogP contribution in [0.1, 0.15) is 56.5 Å². The van der Waals surface area contributed by atoms with Gasteiger partial charge < -0.3 is 14.4 Å². The summed E-state index contributed by atoms with van der Waals surface area (Å²) in [6.07, 6.45) is 3.38. The van der Waals surface area contributed by atoms with E-state index < -0.39 is 11.6 Å². The fraction of sp³-hybridized carbons (Fsp3) is 0.370. The van der Waals surface area contributed by atoms with E-state index >= 15 is 0 Å². The molecule has 7 heteroatoms. The first-order chi connectivity index (χ1) is 16.0. The third-order valence-corrected chi connectivity index (χ3v) is 8.33. The number of carbonyl (C=O) groups is 1. The highest BCUT2D eigenvalue weighted by Gasteiger charge is 2.42. The molecular formula is C27H26N2O4S. The molecule has 2 aliphatic rings. The summed E-state index contributed by atoms with van der Waals surface area (Å²) in [6, 6.07) is 9.25. The molecule has 6 nitrogen and oxygen atoms in total. The average Bonchev–Trinajstić information content (AvgIpc) is 3.23. The Kier molecular flexibility index (Phi) is 4.99. The molecule has 0 saturated carbocycles. The summed E-state index contributed by atoms with van der Waals surface area (Å²) >= 11 is 1.26. The van der Waals surface area contributed by atoms with Gasteiger partial charge in [-0.15, -0.1) is 11.3 Å². The molecule has 1 aromatic carbocycles. The zero-order valence-corrected chi connectivity index (χ0v) is 20.5. The molecule has 34 heavy (non-hydrogen) atoms. The van der Waals surface area contributed by atoms with Gasteiger partial charge in [0.25, 0.3) is 0 Å². The second kappa shape index (κ2) is 7.57. The van der Waals surface area contributed by atoms with E-state index in [0.29, 0.717) is 20.9 Å². The van der Waals surface area contributed by atoms with E-state index in [2.05, 4.69) is 38.7 Å². The van der Waals surface area contributed by atoms with Crippen molar-refractivity contribution in [2.24, 2.45) is 0 Å². The Bertz CT molecular complexity index is 1480. The molecule has 0 bridgehead atoms. The van der Waals surface area contributed by atoms with Crippen LogP contribution in [0.3, 0.4) is 0 Å². The van der Waals surface area contributed by atoms with Gasteiger partial charge in [-0.2, -0.15) is 5.26 Å². The molecule has 0 spiro atoms. The molecule has 2 aromatic heterocycles. The summed E-state index contributed by atoms with van der Waals surface area (Å²) in [7, 11) is 0. The van der Waals surface area contributed by atoms with Crippen LogP contribution < -0.4 is 10.5 Å². The summed E-state index contributed by atoms with van der Waals surface area (Å²) in [4.78, 5) is 28.0. The van der Waals surface area contributed by atoms with Crippen LogP contribution in [0.2, 0.25) is 0 Å². The van der Waals surface area contributed by atoms with Crippen molar-refractivity contribution in [1.29, 1.82) is 5.26 Å². The molecule has 0 unspecified atom stereocenters. The Morgan fingerprint density at radius 1 is 1.18 bits per heavy atom. The number of anilines is 1. The van der Waals surface area contributed by atoms with Crippen molar-refractivity contribution >= 4 is 40.0 Å². The third kappa shape index (κ3) is 3.45. The van der Waals surface area contributed by atoms with Crippen LogP contribution in [0.15, 0.2) is 39.1 Å². The Labute approximate surface area is 201 Å². The zero-order valence-electron chi connectivity index (χ0n) is 19.7. The minimum Gasteiger partial charge on any atom is -0.477 e. The van der Waals surface area contributed by atoms with Crippen LogP contribution in [0, 0.1) is 11.3 Å². The number of carboxylic acid groups (broad SMARTS) is 1. The third-order valence-electron chi connectivity index (χ3n) is 7.26. The lowest BCUT2D eigenvalue weighted by Crippen LogP contribution is -2.44. The van der Waals surface area contributed by atoms with Gasteiger partial charge in [0.1, 0.15) is 17.2 Å². The topological polar surface area (TPSA) is 94.5 Å². The number of nitrogens with zero attached hydrogens (tertiary/aromatic N) is 2. The van der Waals surface area contributed by atoms with Crippen molar-refractivity contribution in [2.45, 2.75) is 51.4 Å². The van der Waals surface area contributed by atoms with Gasteiger partial charge in [0.15, 0.2) is 0 Å². The Balaban J connectivity index is 1.73. The Morgan fingerprint density at radius 3 is 2.56 bits per heavy atom. The van der Waals surface area contributed by atoms with Crippen molar-refractivity contribution in [2.75, 3.05) is 18.0 Å². The molecule has 0 aliphatic carbocycles. The first-order valence-corrected chi connectivity index (χ1v) is 12.2. The fourth-order valence-corrected chi connectivity index (χ4v) is 6.14. The lowest BCUT2D eigenvalue weighted by molar-refractivity contribution is -0.132. The highest BCUT2D eigenvalue weighted by molar-refractivity contribution is 7.16. The minimum absolute atomic E-state index is 0.0178. The van der Waals surface area contributed by atoms with Crippen LogP contribution in [0.4, 0.5) is 5.69 Å². The molecule has 2 aliphatic heterocycles. The van der Waals surface area contributed by atoms with Crippen LogP contribution in [-0.2, 0) is 15.6 Å². The molecule has 0 radical (unpaired) electrons. The van der Waals surface area contributed by atoms with E-state index in [1.165, 1.54) is 28.7 Å². The molecule has 174 valence electrons. The van der Waals surface area contributed by atoms with Gasteiger partial charge in [0.2, 0.25) is 0 Å². The molecule has 5 rings (SSSR count). The SMILES string of the molecule is CC1(C)CCN2CCC(C)(C)c3c2c1cc1cc(-c2ccc(C=C(C#N)C(=O)O)s2)c(=O)oc31. The second-order valence-corrected chi connectivity index (χ2v) is 11.6. The van der Waals surface area contributed by atoms with Crippen LogP contribution in [-0.4, -0.2) is 24.2 Å². The van der Waals surface area contributed by atoms with Crippen LogP contribution in [0.25, 0.3) is 27.5 Å². The predicted molar refractivity (Wildman–Crippen MR) is 135 cm³/mol. The van der Waals surface area contributed by atoms with E-state index in [1.807, 2.05) is 6.07 Å². The van der Waals surface area contributed by atoms with Crippen LogP contribution >= 0.6 is 11.3 Å². The summed E-state index contributed by atoms with van der Waals surface area (Å²) in [5, 5.41) is 19.1. The molecule has 3 aromatic rings. The number of nitriles is 1. The zero-order chi connectivity index (χ0) is 24.4. The van der Waals surface area contributed by atoms with Crippen molar-refractivity contribution in [1.82, 2.24) is 0 Å². The lowest BCUT2D eigenvalue weighted by atomic mass is 9.69. The summed E-state index contributed by atoms with van der Waals surface area (Å²) in [6.45, 7) is 11.0. The standard InChI is InChI=1S/C27H26N2O4S/c1-26(2)7-9-29-10-8-27(3,4)21-22(29)19(26)13-15-12-18(25(32)33-23(15)21)20-6-5-17(34-20)11-16(14-28)24(30)31/h5-6,11-13H,7-10H2,1-4H3,(H,30,31). The molecule has 0 amide bonds. The van der Waals surface area contributed by atoms with Crippen molar-refractivity contribution in [3.8, 4) is 16.5 Å². The quantitative estimate of drug-likeness (QED) is 0.298. The van der Waals surface area contributed by atoms with E-state index in [9.17, 15) is 9.59 Å². The fourth-order valence-electron chi connectivity index (χ4n) is 5.18. The van der Waals surface area contributed by atoms with Gasteiger partial charge in [-0.25, -0.2) is 9.59 Å². The minimum atomic E-state index is -1.28. The summed E-state index contributed by atoms with van der Waals surface area (Å²) in [5.74, 6) is -1.28. The number of carboxylic acids is 1. The van der Waals surface area contributed by atoms with E-state index in [0.717, 1.165) is 36.9 Å². The molecule has 1 N–H and O–H groups in total. The number of thiophene rings is 1. The van der Waals surface area contributed by atoms with Crippen molar-refractivity contribution in [3.63, 3.8) is 0 Å². The maximum Gasteiger partial charge on any atom is 0.346 e. The second-order valence-electron chi connectivity index (χ2n) is 10.4. The van der Waals surface area contributed by atoms with Gasteiger partial charge in [0.05, 0.1) is 5.56 Å². The van der Waals surface area contributed by atoms with Gasteiger partial charge in [-0.3, -0.25) is 0 Å². The summed E-state index contributed by atoms with van der Waals surface area (Å²) in [5.41, 5.74) is 3.90. The molecule has 4 heterocycles. The number of hydrogen-bond acceptors (Lipinski definition) is 6. The van der Waals surface area contributed by atoms with Gasteiger partial charge >= 0.3 is 11.6 Å². The molecule has 0 fully saturated rings. The lowest BCUT2D eigenvalue weighted by Gasteiger charge is -2.48. The van der Waals surface area contributed by atoms with Gasteiger partial charge in [-0.05, 0) is 59.6 Å². The molecule has 0 atom stereocenters. The van der Waals surface area contributed by atoms with E-state index in [4.69, 9.17) is 14.8 Å². The molecular weight excluding hydrogens is 448 g/mol. The predicted octanol–water partition coefficient (Wildman–Crippen LogP) is 5.68. The first kappa shape index (κ1) is 22.4. The first-order valence-electron chi connectivity index (χ1n) is 11.4. The average molecular weight is 475 g/mol. The maximum atomic E-state index is 13.2. The van der Waals surface area contributed by atoms with Crippen LogP contribution in [0.5, 0.6) is 0 Å². The number of rotatable bonds is 3. The monoisotopic (exact) mass is 474 g/mol. The Morgan fingerprint density at radius 2 is 1.88 bits per heavy atom. The van der Waals surface area contributed by atoms with Gasteiger partial charge in [0, 0.05) is 39.5 Å². The van der Waals surface area contributed by atoms with Crippen molar-refractivity contribution < 1.29 is 14.3 Å². The van der Waals surface area contributed by atoms with E-state index in [1.54, 1.807) is 18.2 Å². The highest BCUT2D eigenvalue weighted by atomic mass is 32.1. The highest BCUT2D eigenvalue weighted by Crippen LogP contribution is 2.51. The molecule has 0 saturated heterocycles. The number of hydrogen-bond donors (Lipinski definition) is 1.